The SMILES string of the molecule is C(=C(\Cc1ccc(-c2ccc(-n3c4cc5ccccc5cc4c4cc5ccccc5cc43)cc2)cc1)c1ccc(-c2ccccc2)cc1-c1ccccc1)/c1ccc(-c2cccc3ccccc23)cc1. The Balaban J connectivity index is 0.866. The van der Waals surface area contributed by atoms with Crippen LogP contribution >= 0.6 is 0 Å². The van der Waals surface area contributed by atoms with Crippen molar-refractivity contribution >= 4 is 65.8 Å². The molecule has 1 heteroatoms. The minimum Gasteiger partial charge on any atom is -0.309 e. The fourth-order valence-corrected chi connectivity index (χ4v) is 10.7. The number of aromatic nitrogens is 1. The molecule has 0 aliphatic rings. The molecule has 1 aromatic heterocycles. The van der Waals surface area contributed by atoms with Gasteiger partial charge in [-0.1, -0.05) is 231 Å². The van der Waals surface area contributed by atoms with E-state index in [0.717, 1.165) is 12.1 Å². The predicted octanol–water partition coefficient (Wildman–Crippen LogP) is 18.7. The van der Waals surface area contributed by atoms with Crippen LogP contribution in [-0.4, -0.2) is 4.57 Å². The molecule has 0 unspecified atom stereocenters. The first-order valence-electron chi connectivity index (χ1n) is 24.3. The first-order valence-corrected chi connectivity index (χ1v) is 24.3. The Bertz CT molecular complexity index is 3990. The molecule has 328 valence electrons. The van der Waals surface area contributed by atoms with Crippen molar-refractivity contribution in [3.05, 3.63) is 284 Å². The third-order valence-corrected chi connectivity index (χ3v) is 14.2. The molecule has 0 aliphatic heterocycles. The van der Waals surface area contributed by atoms with E-state index in [0.29, 0.717) is 0 Å². The van der Waals surface area contributed by atoms with Crippen LogP contribution in [0.5, 0.6) is 0 Å². The van der Waals surface area contributed by atoms with Crippen molar-refractivity contribution in [2.75, 3.05) is 0 Å². The molecule has 0 N–H and O–H groups in total. The van der Waals surface area contributed by atoms with E-state index in [9.17, 15) is 0 Å². The van der Waals surface area contributed by atoms with Crippen LogP contribution in [0, 0.1) is 0 Å². The van der Waals surface area contributed by atoms with Gasteiger partial charge in [0.25, 0.3) is 0 Å². The minimum absolute atomic E-state index is 0.770. The van der Waals surface area contributed by atoms with Gasteiger partial charge in [-0.15, -0.1) is 0 Å². The molecule has 1 nitrogen and oxygen atoms in total. The largest absolute Gasteiger partial charge is 0.309 e. The van der Waals surface area contributed by atoms with Crippen LogP contribution in [0.3, 0.4) is 0 Å². The summed E-state index contributed by atoms with van der Waals surface area (Å²) in [5, 5.41) is 10.1. The topological polar surface area (TPSA) is 4.93 Å². The molecule has 13 rings (SSSR count). The number of hydrogen-bond acceptors (Lipinski definition) is 0. The first kappa shape index (κ1) is 41.2. The summed E-state index contributed by atoms with van der Waals surface area (Å²) in [7, 11) is 0. The van der Waals surface area contributed by atoms with Gasteiger partial charge in [0, 0.05) is 16.5 Å². The van der Waals surface area contributed by atoms with E-state index >= 15 is 0 Å². The normalized spacial score (nSPS) is 11.9. The second kappa shape index (κ2) is 17.6. The maximum atomic E-state index is 2.44. The van der Waals surface area contributed by atoms with Gasteiger partial charge in [-0.2, -0.15) is 0 Å². The molecule has 0 bridgehead atoms. The van der Waals surface area contributed by atoms with Crippen molar-refractivity contribution in [1.29, 1.82) is 0 Å². The van der Waals surface area contributed by atoms with E-state index in [2.05, 4.69) is 278 Å². The lowest BCUT2D eigenvalue weighted by molar-refractivity contribution is 1.18. The molecule has 70 heavy (non-hydrogen) atoms. The van der Waals surface area contributed by atoms with Crippen LogP contribution < -0.4 is 0 Å². The third-order valence-electron chi connectivity index (χ3n) is 14.2. The van der Waals surface area contributed by atoms with Crippen molar-refractivity contribution in [1.82, 2.24) is 4.57 Å². The van der Waals surface area contributed by atoms with Crippen LogP contribution in [0.15, 0.2) is 267 Å². The molecule has 1 heterocycles. The molecule has 0 aliphatic carbocycles. The van der Waals surface area contributed by atoms with Gasteiger partial charge in [0.05, 0.1) is 11.0 Å². The summed E-state index contributed by atoms with van der Waals surface area (Å²) in [6, 6.07) is 97.9. The van der Waals surface area contributed by atoms with Gasteiger partial charge >= 0.3 is 0 Å². The van der Waals surface area contributed by atoms with Crippen molar-refractivity contribution in [3.63, 3.8) is 0 Å². The van der Waals surface area contributed by atoms with Gasteiger partial charge in [-0.25, -0.2) is 0 Å². The highest BCUT2D eigenvalue weighted by atomic mass is 15.0. The molecule has 13 aromatic rings. The van der Waals surface area contributed by atoms with Crippen molar-refractivity contribution in [3.8, 4) is 50.2 Å². The van der Waals surface area contributed by atoms with Crippen molar-refractivity contribution in [2.24, 2.45) is 0 Å². The molecule has 0 saturated carbocycles. The molecule has 12 aromatic carbocycles. The zero-order valence-electron chi connectivity index (χ0n) is 38.6. The molecule has 0 spiro atoms. The average molecular weight is 890 g/mol. The summed E-state index contributed by atoms with van der Waals surface area (Å²) in [6.07, 6.45) is 3.16. The van der Waals surface area contributed by atoms with E-state index in [1.165, 1.54) is 121 Å². The predicted molar refractivity (Wildman–Crippen MR) is 300 cm³/mol. The van der Waals surface area contributed by atoms with Crippen molar-refractivity contribution in [2.45, 2.75) is 6.42 Å². The van der Waals surface area contributed by atoms with E-state index in [-0.39, 0.29) is 0 Å². The Kier molecular flexibility index (Phi) is 10.3. The molecule has 0 fully saturated rings. The monoisotopic (exact) mass is 889 g/mol. The summed E-state index contributed by atoms with van der Waals surface area (Å²) in [6.45, 7) is 0. The van der Waals surface area contributed by atoms with E-state index < -0.39 is 0 Å². The van der Waals surface area contributed by atoms with Crippen LogP contribution in [0.1, 0.15) is 16.7 Å². The Morgan fingerprint density at radius 2 is 0.786 bits per heavy atom. The number of rotatable bonds is 9. The van der Waals surface area contributed by atoms with Gasteiger partial charge in [-0.3, -0.25) is 0 Å². The molecule has 0 amide bonds. The Morgan fingerprint density at radius 1 is 0.314 bits per heavy atom. The summed E-state index contributed by atoms with van der Waals surface area (Å²) in [5.74, 6) is 0. The fourth-order valence-electron chi connectivity index (χ4n) is 10.7. The number of allylic oxidation sites excluding steroid dienone is 1. The smallest absolute Gasteiger partial charge is 0.0547 e. The highest BCUT2D eigenvalue weighted by Gasteiger charge is 2.17. The number of nitrogens with zero attached hydrogens (tertiary/aromatic N) is 1. The van der Waals surface area contributed by atoms with Gasteiger partial charge < -0.3 is 4.57 Å². The molecule has 0 saturated heterocycles. The molecule has 0 atom stereocenters. The van der Waals surface area contributed by atoms with E-state index in [1.807, 2.05) is 0 Å². The lowest BCUT2D eigenvalue weighted by Crippen LogP contribution is -1.96. The molecule has 0 radical (unpaired) electrons. The lowest BCUT2D eigenvalue weighted by Gasteiger charge is -2.17. The number of benzene rings is 12. The maximum Gasteiger partial charge on any atom is 0.0547 e. The second-order valence-corrected chi connectivity index (χ2v) is 18.5. The second-order valence-electron chi connectivity index (χ2n) is 18.5. The van der Waals surface area contributed by atoms with Gasteiger partial charge in [-0.05, 0) is 148 Å². The van der Waals surface area contributed by atoms with Gasteiger partial charge in [0.1, 0.15) is 0 Å². The maximum absolute atomic E-state index is 2.44. The first-order chi connectivity index (χ1) is 34.7. The Hall–Kier alpha value is -9.04. The van der Waals surface area contributed by atoms with Crippen LogP contribution in [0.25, 0.3) is 116 Å². The highest BCUT2D eigenvalue weighted by molar-refractivity contribution is 6.16. The van der Waals surface area contributed by atoms with Crippen LogP contribution in [0.2, 0.25) is 0 Å². The summed E-state index contributed by atoms with van der Waals surface area (Å²) in [4.78, 5) is 0. The fraction of sp³-hybridized carbons (Fsp3) is 0.0145. The quantitative estimate of drug-likeness (QED) is 0.127. The van der Waals surface area contributed by atoms with E-state index in [1.54, 1.807) is 0 Å². The third kappa shape index (κ3) is 7.65. The average Bonchev–Trinajstić information content (AvgIpc) is 3.73. The molecular formula is C69H47N. The van der Waals surface area contributed by atoms with E-state index in [4.69, 9.17) is 0 Å². The summed E-state index contributed by atoms with van der Waals surface area (Å²) in [5.41, 5.74) is 18.2. The summed E-state index contributed by atoms with van der Waals surface area (Å²) < 4.78 is 2.44. The van der Waals surface area contributed by atoms with Gasteiger partial charge in [0.2, 0.25) is 0 Å². The van der Waals surface area contributed by atoms with Crippen LogP contribution in [0.4, 0.5) is 0 Å². The Labute approximate surface area is 408 Å². The standard InChI is InChI=1S/C69H47N/c1-3-14-49(15-4-1)59-36-39-64(65(42-59)53-16-5-2-6-17-53)60(41-48-28-32-54(33-29-48)63-25-13-23-52-18-11-12-24-62(52)63)40-47-26-30-50(31-27-47)51-34-37-61(38-35-51)70-68-45-57-21-9-7-19-55(57)43-66(68)67-44-56-20-8-10-22-58(56)46-69(67)70/h1-39,41-46H,40H2/b60-41-. The number of fused-ring (bicyclic) bond motifs is 6. The van der Waals surface area contributed by atoms with Gasteiger partial charge in [0.15, 0.2) is 0 Å². The number of hydrogen-bond donors (Lipinski definition) is 0. The van der Waals surface area contributed by atoms with Crippen molar-refractivity contribution < 1.29 is 0 Å². The minimum atomic E-state index is 0.770. The highest BCUT2D eigenvalue weighted by Crippen LogP contribution is 2.40. The zero-order chi connectivity index (χ0) is 46.4. The van der Waals surface area contributed by atoms with Crippen LogP contribution in [-0.2, 0) is 6.42 Å². The molecular weight excluding hydrogens is 843 g/mol. The lowest BCUT2D eigenvalue weighted by atomic mass is 9.87. The summed E-state index contributed by atoms with van der Waals surface area (Å²) >= 11 is 0. The Morgan fingerprint density at radius 3 is 1.41 bits per heavy atom. The zero-order valence-corrected chi connectivity index (χ0v) is 38.6.